The molecule has 3 amide bonds. The monoisotopic (exact) mass is 745 g/mol. The van der Waals surface area contributed by atoms with E-state index in [9.17, 15) is 19.2 Å². The second-order valence-corrected chi connectivity index (χ2v) is 14.8. The van der Waals surface area contributed by atoms with Crippen LogP contribution in [0.15, 0.2) is 120 Å². The van der Waals surface area contributed by atoms with E-state index in [-0.39, 0.29) is 11.6 Å². The van der Waals surface area contributed by atoms with Gasteiger partial charge in [-0.1, -0.05) is 79.7 Å². The SMILES string of the molecule is COC(=O)c1c(NC(=O)C(Sc2cccc(NC(=O)/C(=C\c3ccccc3OC)NC(=O)c3ccccc3)c2)c2ccccc2)sc2c1CCC(C)C2. The molecule has 53 heavy (non-hydrogen) atoms. The number of carbonyl (C=O) groups is 4. The maximum absolute atomic E-state index is 14.2. The third kappa shape index (κ3) is 9.05. The van der Waals surface area contributed by atoms with E-state index in [0.717, 1.165) is 35.3 Å². The molecular formula is C42H39N3O6S2. The molecule has 3 N–H and O–H groups in total. The number of para-hydroxylation sites is 1. The fourth-order valence-electron chi connectivity index (χ4n) is 6.10. The molecule has 2 atom stereocenters. The molecule has 9 nitrogen and oxygen atoms in total. The summed E-state index contributed by atoms with van der Waals surface area (Å²) in [4.78, 5) is 55.9. The Morgan fingerprint density at radius 2 is 1.58 bits per heavy atom. The highest BCUT2D eigenvalue weighted by molar-refractivity contribution is 8.00. The van der Waals surface area contributed by atoms with Gasteiger partial charge in [0.2, 0.25) is 5.91 Å². The normalized spacial score (nSPS) is 14.3. The van der Waals surface area contributed by atoms with Gasteiger partial charge in [-0.3, -0.25) is 14.4 Å². The van der Waals surface area contributed by atoms with Gasteiger partial charge >= 0.3 is 5.97 Å². The maximum atomic E-state index is 14.2. The lowest BCUT2D eigenvalue weighted by Crippen LogP contribution is -2.30. The zero-order valence-electron chi connectivity index (χ0n) is 29.5. The molecule has 0 fully saturated rings. The van der Waals surface area contributed by atoms with Crippen molar-refractivity contribution in [2.45, 2.75) is 36.3 Å². The third-order valence-corrected chi connectivity index (χ3v) is 11.2. The number of ether oxygens (including phenoxy) is 2. The summed E-state index contributed by atoms with van der Waals surface area (Å²) in [6, 6.07) is 32.4. The van der Waals surface area contributed by atoms with Crippen molar-refractivity contribution in [1.82, 2.24) is 5.32 Å². The summed E-state index contributed by atoms with van der Waals surface area (Å²) >= 11 is 2.76. The summed E-state index contributed by atoms with van der Waals surface area (Å²) in [5.74, 6) is -0.725. The smallest absolute Gasteiger partial charge is 0.341 e. The van der Waals surface area contributed by atoms with Gasteiger partial charge in [0.1, 0.15) is 21.7 Å². The topological polar surface area (TPSA) is 123 Å². The first-order valence-electron chi connectivity index (χ1n) is 17.1. The molecule has 0 radical (unpaired) electrons. The third-order valence-electron chi connectivity index (χ3n) is 8.79. The van der Waals surface area contributed by atoms with Crippen LogP contribution in [-0.4, -0.2) is 37.9 Å². The van der Waals surface area contributed by atoms with Crippen molar-refractivity contribution in [2.75, 3.05) is 24.9 Å². The van der Waals surface area contributed by atoms with Gasteiger partial charge in [-0.25, -0.2) is 4.79 Å². The second-order valence-electron chi connectivity index (χ2n) is 12.5. The number of amides is 3. The molecule has 1 heterocycles. The number of carbonyl (C=O) groups excluding carboxylic acids is 4. The number of rotatable bonds is 12. The van der Waals surface area contributed by atoms with Crippen LogP contribution in [0.25, 0.3) is 6.08 Å². The Kier molecular flexibility index (Phi) is 12.1. The van der Waals surface area contributed by atoms with Gasteiger partial charge in [0.25, 0.3) is 11.8 Å². The Morgan fingerprint density at radius 3 is 2.32 bits per heavy atom. The Morgan fingerprint density at radius 1 is 0.868 bits per heavy atom. The number of hydrogen-bond acceptors (Lipinski definition) is 8. The molecular weight excluding hydrogens is 707 g/mol. The lowest BCUT2D eigenvalue weighted by Gasteiger charge is -2.18. The second kappa shape index (κ2) is 17.2. The van der Waals surface area contributed by atoms with Crippen molar-refractivity contribution in [3.05, 3.63) is 148 Å². The van der Waals surface area contributed by atoms with Crippen LogP contribution < -0.4 is 20.7 Å². The van der Waals surface area contributed by atoms with E-state index < -0.39 is 23.0 Å². The van der Waals surface area contributed by atoms with Gasteiger partial charge in [0.15, 0.2) is 0 Å². The number of nitrogens with one attached hydrogen (secondary N) is 3. The molecule has 5 aromatic rings. The first-order chi connectivity index (χ1) is 25.7. The van der Waals surface area contributed by atoms with Crippen molar-refractivity contribution in [2.24, 2.45) is 5.92 Å². The molecule has 6 rings (SSSR count). The molecule has 0 aliphatic heterocycles. The van der Waals surface area contributed by atoms with E-state index in [1.807, 2.05) is 48.5 Å². The van der Waals surface area contributed by atoms with E-state index in [1.54, 1.807) is 66.7 Å². The van der Waals surface area contributed by atoms with Crippen LogP contribution in [0.3, 0.4) is 0 Å². The molecule has 270 valence electrons. The van der Waals surface area contributed by atoms with E-state index in [1.165, 1.54) is 37.3 Å². The molecule has 1 aliphatic carbocycles. The number of anilines is 2. The summed E-state index contributed by atoms with van der Waals surface area (Å²) in [5, 5.41) is 8.54. The van der Waals surface area contributed by atoms with Crippen LogP contribution >= 0.6 is 23.1 Å². The van der Waals surface area contributed by atoms with Gasteiger partial charge in [-0.05, 0) is 78.8 Å². The fraction of sp³-hybridized carbons (Fsp3) is 0.190. The van der Waals surface area contributed by atoms with E-state index in [2.05, 4.69) is 22.9 Å². The van der Waals surface area contributed by atoms with Crippen LogP contribution in [0.5, 0.6) is 5.75 Å². The zero-order chi connectivity index (χ0) is 37.3. The zero-order valence-corrected chi connectivity index (χ0v) is 31.1. The summed E-state index contributed by atoms with van der Waals surface area (Å²) < 4.78 is 10.6. The average molecular weight is 746 g/mol. The highest BCUT2D eigenvalue weighted by Crippen LogP contribution is 2.42. The van der Waals surface area contributed by atoms with E-state index >= 15 is 0 Å². The first kappa shape index (κ1) is 37.1. The van der Waals surface area contributed by atoms with E-state index in [0.29, 0.717) is 43.9 Å². The van der Waals surface area contributed by atoms with Gasteiger partial charge < -0.3 is 25.4 Å². The highest BCUT2D eigenvalue weighted by atomic mass is 32.2. The molecule has 2 unspecified atom stereocenters. The molecule has 4 aromatic carbocycles. The minimum atomic E-state index is -0.697. The first-order valence-corrected chi connectivity index (χ1v) is 18.8. The van der Waals surface area contributed by atoms with Crippen LogP contribution in [0.1, 0.15) is 60.9 Å². The number of benzene rings is 4. The molecule has 11 heteroatoms. The Hall–Kier alpha value is -5.65. The summed E-state index contributed by atoms with van der Waals surface area (Å²) in [6.07, 6.45) is 4.14. The van der Waals surface area contributed by atoms with Crippen LogP contribution in [0.2, 0.25) is 0 Å². The van der Waals surface area contributed by atoms with Crippen molar-refractivity contribution in [3.8, 4) is 5.75 Å². The fourth-order valence-corrected chi connectivity index (χ4v) is 8.59. The number of thioether (sulfide) groups is 1. The molecule has 1 aromatic heterocycles. The number of fused-ring (bicyclic) bond motifs is 1. The van der Waals surface area contributed by atoms with Crippen molar-refractivity contribution in [3.63, 3.8) is 0 Å². The van der Waals surface area contributed by atoms with Gasteiger partial charge in [-0.15, -0.1) is 23.1 Å². The quantitative estimate of drug-likeness (QED) is 0.0665. The predicted octanol–water partition coefficient (Wildman–Crippen LogP) is 8.55. The standard InChI is InChI=1S/C42H39N3O6S2/c1-26-21-22-32-35(23-26)53-41(36(32)42(49)51-3)45-40(48)37(27-13-6-4-7-14-27)52-31-19-12-18-30(25-31)43-39(47)33(24-29-17-10-11-20-34(29)50-2)44-38(46)28-15-8-5-9-16-28/h4-20,24-26,37H,21-23H2,1-3H3,(H,43,47)(H,44,46)(H,45,48)/b33-24+. The summed E-state index contributed by atoms with van der Waals surface area (Å²) in [6.45, 7) is 2.19. The van der Waals surface area contributed by atoms with Crippen LogP contribution in [0, 0.1) is 5.92 Å². The van der Waals surface area contributed by atoms with Gasteiger partial charge in [0.05, 0.1) is 19.8 Å². The van der Waals surface area contributed by atoms with Gasteiger partial charge in [0, 0.05) is 26.6 Å². The van der Waals surface area contributed by atoms with Crippen molar-refractivity contribution >= 4 is 63.6 Å². The number of esters is 1. The van der Waals surface area contributed by atoms with Gasteiger partial charge in [-0.2, -0.15) is 0 Å². The molecule has 0 saturated heterocycles. The lowest BCUT2D eigenvalue weighted by molar-refractivity contribution is -0.116. The van der Waals surface area contributed by atoms with Crippen molar-refractivity contribution < 1.29 is 28.7 Å². The average Bonchev–Trinajstić information content (AvgIpc) is 3.53. The van der Waals surface area contributed by atoms with Crippen LogP contribution in [-0.2, 0) is 27.2 Å². The summed E-state index contributed by atoms with van der Waals surface area (Å²) in [7, 11) is 2.89. The lowest BCUT2D eigenvalue weighted by atomic mass is 9.88. The number of hydrogen-bond donors (Lipinski definition) is 3. The highest BCUT2D eigenvalue weighted by Gasteiger charge is 2.31. The minimum absolute atomic E-state index is 0.0115. The molecule has 0 bridgehead atoms. The van der Waals surface area contributed by atoms with E-state index in [4.69, 9.17) is 9.47 Å². The Bertz CT molecular complexity index is 2150. The number of methoxy groups -OCH3 is 2. The summed E-state index contributed by atoms with van der Waals surface area (Å²) in [5.41, 5.74) is 3.63. The number of thiophene rings is 1. The largest absolute Gasteiger partial charge is 0.496 e. The molecule has 0 spiro atoms. The predicted molar refractivity (Wildman–Crippen MR) is 210 cm³/mol. The van der Waals surface area contributed by atoms with Crippen molar-refractivity contribution in [1.29, 1.82) is 0 Å². The maximum Gasteiger partial charge on any atom is 0.341 e. The minimum Gasteiger partial charge on any atom is -0.496 e. The molecule has 0 saturated carbocycles. The Labute approximate surface area is 316 Å². The van der Waals surface area contributed by atoms with Crippen LogP contribution in [0.4, 0.5) is 10.7 Å². The Balaban J connectivity index is 1.26. The molecule has 1 aliphatic rings.